The molecule has 258 valence electrons. The van der Waals surface area contributed by atoms with Crippen molar-refractivity contribution in [3.8, 4) is 0 Å². The van der Waals surface area contributed by atoms with Crippen molar-refractivity contribution in [2.45, 2.75) is 143 Å². The zero-order valence-electron chi connectivity index (χ0n) is 29.7. The molecule has 7 heteroatoms. The second-order valence-electron chi connectivity index (χ2n) is 16.1. The highest BCUT2D eigenvalue weighted by Crippen LogP contribution is 2.60. The number of carbonyl (C=O) groups excluding carboxylic acids is 4. The Kier molecular flexibility index (Phi) is 10.6. The quantitative estimate of drug-likeness (QED) is 0.229. The SMILES string of the molecule is CC1=C2CCC3=CCC[C@@](C)(OC3=O)[C@@H](O)CC/C(C)=C/[C@@H]2[C@]23CC(=O)C[C@@H](C)CC/C=C(\C)CC(=O)[C@@H](C(C)C)[C@H](OC2=O)[C@@H]3C1. The molecule has 3 heterocycles. The topological polar surface area (TPSA) is 107 Å². The Morgan fingerprint density at radius 1 is 0.936 bits per heavy atom. The van der Waals surface area contributed by atoms with Crippen LogP contribution in [0.25, 0.3) is 0 Å². The summed E-state index contributed by atoms with van der Waals surface area (Å²) in [7, 11) is 0. The smallest absolute Gasteiger partial charge is 0.334 e. The van der Waals surface area contributed by atoms with Crippen LogP contribution in [0.2, 0.25) is 0 Å². The normalized spacial score (nSPS) is 40.1. The predicted molar refractivity (Wildman–Crippen MR) is 181 cm³/mol. The highest BCUT2D eigenvalue weighted by Gasteiger charge is 2.65. The number of allylic oxidation sites excluding steroid dienone is 7. The Labute approximate surface area is 281 Å². The van der Waals surface area contributed by atoms with E-state index >= 15 is 0 Å². The lowest BCUT2D eigenvalue weighted by atomic mass is 9.54. The number of ketones is 2. The maximum atomic E-state index is 14.7. The molecule has 1 saturated heterocycles. The number of ether oxygens (including phenoxy) is 2. The van der Waals surface area contributed by atoms with E-state index in [0.717, 1.165) is 35.1 Å². The number of hydrogen-bond acceptors (Lipinski definition) is 7. The highest BCUT2D eigenvalue weighted by atomic mass is 16.6. The summed E-state index contributed by atoms with van der Waals surface area (Å²) in [6, 6.07) is 0. The Hall–Kier alpha value is -2.80. The molecule has 5 rings (SSSR count). The number of fused-ring (bicyclic) bond motifs is 4. The van der Waals surface area contributed by atoms with E-state index < -0.39 is 35.1 Å². The van der Waals surface area contributed by atoms with E-state index in [1.54, 1.807) is 0 Å². The predicted octanol–water partition coefficient (Wildman–Crippen LogP) is 7.71. The second-order valence-corrected chi connectivity index (χ2v) is 16.1. The van der Waals surface area contributed by atoms with Crippen LogP contribution in [0.1, 0.15) is 126 Å². The Balaban J connectivity index is 1.67. The van der Waals surface area contributed by atoms with Crippen LogP contribution in [0.4, 0.5) is 0 Å². The summed E-state index contributed by atoms with van der Waals surface area (Å²) in [5.74, 6) is -1.74. The van der Waals surface area contributed by atoms with Crippen LogP contribution < -0.4 is 0 Å². The minimum absolute atomic E-state index is 0.0457. The molecule has 2 aliphatic carbocycles. The first-order valence-electron chi connectivity index (χ1n) is 18.0. The first-order chi connectivity index (χ1) is 22.2. The van der Waals surface area contributed by atoms with Gasteiger partial charge in [0.25, 0.3) is 0 Å². The molecule has 0 unspecified atom stereocenters. The molecule has 0 aromatic rings. The van der Waals surface area contributed by atoms with Gasteiger partial charge in [-0.3, -0.25) is 14.4 Å². The van der Waals surface area contributed by atoms with Crippen LogP contribution in [0.15, 0.2) is 46.1 Å². The van der Waals surface area contributed by atoms with Crippen LogP contribution in [0.5, 0.6) is 0 Å². The van der Waals surface area contributed by atoms with Crippen molar-refractivity contribution in [1.82, 2.24) is 0 Å². The number of aliphatic hydroxyl groups is 1. The molecule has 47 heavy (non-hydrogen) atoms. The minimum atomic E-state index is -1.14. The molecular weight excluding hydrogens is 592 g/mol. The standard InChI is InChI=1S/C40H56O7/c1-23(2)35-33(42)20-25(4)11-8-10-24(3)18-29(41)22-40-31-19-26(5)13-16-34(43)39(7)17-9-12-28(37(44)47-39)14-15-30(31)27(6)21-32(40)36(35)46-38(40)45/h11-12,19,23-24,31-32,34-36,43H,8-10,13-18,20-22H2,1-7H3/b25-11+,26-19+/t24-,31-,32-,34-,35+,36+,39+,40-/m0/s1. The second kappa shape index (κ2) is 14.0. The van der Waals surface area contributed by atoms with Gasteiger partial charge in [-0.25, -0.2) is 4.79 Å². The molecule has 1 N–H and O–H groups in total. The van der Waals surface area contributed by atoms with Gasteiger partial charge in [0.2, 0.25) is 0 Å². The first-order valence-corrected chi connectivity index (χ1v) is 18.0. The lowest BCUT2D eigenvalue weighted by Gasteiger charge is -2.45. The maximum absolute atomic E-state index is 14.7. The fraction of sp³-hybridized carbons (Fsp3) is 0.700. The van der Waals surface area contributed by atoms with Gasteiger partial charge in [0.1, 0.15) is 23.3 Å². The van der Waals surface area contributed by atoms with E-state index in [-0.39, 0.29) is 47.7 Å². The van der Waals surface area contributed by atoms with Crippen molar-refractivity contribution >= 4 is 23.5 Å². The van der Waals surface area contributed by atoms with E-state index in [1.807, 2.05) is 40.7 Å². The molecule has 0 radical (unpaired) electrons. The molecule has 4 bridgehead atoms. The number of aliphatic hydroxyl groups excluding tert-OH is 1. The highest BCUT2D eigenvalue weighted by molar-refractivity contribution is 5.92. The molecule has 1 fully saturated rings. The average Bonchev–Trinajstić information content (AvgIpc) is 3.13. The Morgan fingerprint density at radius 3 is 2.40 bits per heavy atom. The van der Waals surface area contributed by atoms with Crippen molar-refractivity contribution in [3.63, 3.8) is 0 Å². The number of hydrogen-bond donors (Lipinski definition) is 1. The summed E-state index contributed by atoms with van der Waals surface area (Å²) in [5.41, 5.74) is 2.73. The average molecular weight is 649 g/mol. The van der Waals surface area contributed by atoms with E-state index in [0.29, 0.717) is 63.4 Å². The summed E-state index contributed by atoms with van der Waals surface area (Å²) >= 11 is 0. The molecule has 0 spiro atoms. The summed E-state index contributed by atoms with van der Waals surface area (Å²) in [5, 5.41) is 11.3. The first kappa shape index (κ1) is 35.5. The molecule has 0 aromatic carbocycles. The van der Waals surface area contributed by atoms with E-state index in [2.05, 4.69) is 26.0 Å². The van der Waals surface area contributed by atoms with Crippen LogP contribution in [0.3, 0.4) is 0 Å². The van der Waals surface area contributed by atoms with Gasteiger partial charge in [0.15, 0.2) is 0 Å². The van der Waals surface area contributed by atoms with Crippen molar-refractivity contribution in [3.05, 3.63) is 46.1 Å². The lowest BCUT2D eigenvalue weighted by Crippen LogP contribution is -2.48. The van der Waals surface area contributed by atoms with Gasteiger partial charge >= 0.3 is 11.9 Å². The fourth-order valence-corrected chi connectivity index (χ4v) is 9.30. The van der Waals surface area contributed by atoms with Crippen LogP contribution >= 0.6 is 0 Å². The van der Waals surface area contributed by atoms with Gasteiger partial charge in [-0.2, -0.15) is 0 Å². The summed E-state index contributed by atoms with van der Waals surface area (Å²) < 4.78 is 12.4. The van der Waals surface area contributed by atoms with Crippen LogP contribution in [-0.4, -0.2) is 46.4 Å². The van der Waals surface area contributed by atoms with E-state index in [9.17, 15) is 24.3 Å². The van der Waals surface area contributed by atoms with Crippen molar-refractivity contribution < 1.29 is 33.8 Å². The largest absolute Gasteiger partial charge is 0.461 e. The van der Waals surface area contributed by atoms with Gasteiger partial charge < -0.3 is 14.6 Å². The molecule has 0 amide bonds. The Morgan fingerprint density at radius 2 is 1.68 bits per heavy atom. The third-order valence-electron chi connectivity index (χ3n) is 12.1. The van der Waals surface area contributed by atoms with Crippen LogP contribution in [-0.2, 0) is 28.7 Å². The molecule has 3 aliphatic heterocycles. The van der Waals surface area contributed by atoms with Crippen molar-refractivity contribution in [2.24, 2.45) is 35.0 Å². The molecule has 7 nitrogen and oxygen atoms in total. The molecule has 0 saturated carbocycles. The van der Waals surface area contributed by atoms with Gasteiger partial charge in [-0.1, -0.05) is 61.3 Å². The molecule has 5 aliphatic rings. The van der Waals surface area contributed by atoms with E-state index in [4.69, 9.17) is 9.47 Å². The van der Waals surface area contributed by atoms with Gasteiger partial charge in [-0.05, 0) is 97.3 Å². The molecule has 0 aromatic heterocycles. The van der Waals surface area contributed by atoms with Gasteiger partial charge in [0.05, 0.1) is 17.4 Å². The monoisotopic (exact) mass is 648 g/mol. The van der Waals surface area contributed by atoms with Crippen molar-refractivity contribution in [1.29, 1.82) is 0 Å². The number of esters is 2. The number of rotatable bonds is 1. The zero-order chi connectivity index (χ0) is 34.3. The van der Waals surface area contributed by atoms with Gasteiger partial charge in [0, 0.05) is 36.7 Å². The number of carbonyl (C=O) groups is 4. The fourth-order valence-electron chi connectivity index (χ4n) is 9.30. The molecule has 8 atom stereocenters. The zero-order valence-corrected chi connectivity index (χ0v) is 29.7. The minimum Gasteiger partial charge on any atom is -0.461 e. The molecular formula is C40H56O7. The van der Waals surface area contributed by atoms with Gasteiger partial charge in [-0.15, -0.1) is 0 Å². The summed E-state index contributed by atoms with van der Waals surface area (Å²) in [6.45, 7) is 14.1. The lowest BCUT2D eigenvalue weighted by molar-refractivity contribution is -0.166. The van der Waals surface area contributed by atoms with E-state index in [1.165, 1.54) is 0 Å². The maximum Gasteiger partial charge on any atom is 0.334 e. The third-order valence-corrected chi connectivity index (χ3v) is 12.1. The third kappa shape index (κ3) is 7.02. The summed E-state index contributed by atoms with van der Waals surface area (Å²) in [6.07, 6.45) is 10.9. The Bertz CT molecular complexity index is 1410. The summed E-state index contributed by atoms with van der Waals surface area (Å²) in [4.78, 5) is 56.1. The van der Waals surface area contributed by atoms with Crippen LogP contribution in [0, 0.1) is 35.0 Å². The van der Waals surface area contributed by atoms with Crippen molar-refractivity contribution in [2.75, 3.05) is 0 Å². The number of Topliss-reactive ketones (excluding diaryl/α,β-unsaturated/α-hetero) is 2.